The Morgan fingerprint density at radius 2 is 2.38 bits per heavy atom. The van der Waals surface area contributed by atoms with Crippen molar-refractivity contribution in [1.29, 1.82) is 0 Å². The first-order valence-corrected chi connectivity index (χ1v) is 5.89. The second-order valence-corrected chi connectivity index (χ2v) is 4.83. The van der Waals surface area contributed by atoms with E-state index in [1.54, 1.807) is 0 Å². The summed E-state index contributed by atoms with van der Waals surface area (Å²) in [4.78, 5) is 4.35. The van der Waals surface area contributed by atoms with Gasteiger partial charge in [-0.15, -0.1) is 0 Å². The number of hydrogen-bond donors (Lipinski definition) is 2. The van der Waals surface area contributed by atoms with Crippen LogP contribution in [0.15, 0.2) is 4.52 Å². The minimum Gasteiger partial charge on any atom is -0.392 e. The number of nitrogens with one attached hydrogen (secondary N) is 1. The number of β-amino-alcohol motifs (C(OH)–C–C–N with tert-alkyl or cyclic N) is 1. The Morgan fingerprint density at radius 1 is 1.56 bits per heavy atom. The zero-order chi connectivity index (χ0) is 11.5. The molecule has 5 nitrogen and oxygen atoms in total. The lowest BCUT2D eigenvalue weighted by Crippen LogP contribution is -2.15. The zero-order valence-corrected chi connectivity index (χ0v) is 9.81. The van der Waals surface area contributed by atoms with Crippen LogP contribution in [0.3, 0.4) is 0 Å². The van der Waals surface area contributed by atoms with E-state index in [0.29, 0.717) is 24.8 Å². The monoisotopic (exact) mass is 225 g/mol. The summed E-state index contributed by atoms with van der Waals surface area (Å²) in [6.07, 6.45) is 2.29. The number of rotatable bonds is 4. The van der Waals surface area contributed by atoms with Crippen LogP contribution >= 0.6 is 0 Å². The molecular formula is C11H19N3O2. The minimum absolute atomic E-state index is 0.0234. The maximum absolute atomic E-state index is 9.39. The van der Waals surface area contributed by atoms with Crippen molar-refractivity contribution in [3.63, 3.8) is 0 Å². The van der Waals surface area contributed by atoms with Crippen molar-refractivity contribution in [3.8, 4) is 0 Å². The molecule has 2 atom stereocenters. The normalized spacial score (nSPS) is 25.5. The van der Waals surface area contributed by atoms with E-state index in [4.69, 9.17) is 4.52 Å². The van der Waals surface area contributed by atoms with Crippen molar-refractivity contribution in [3.05, 3.63) is 11.7 Å². The van der Waals surface area contributed by atoms with Crippen LogP contribution in [-0.2, 0) is 6.42 Å². The Balaban J connectivity index is 1.91. The van der Waals surface area contributed by atoms with E-state index < -0.39 is 0 Å². The highest BCUT2D eigenvalue weighted by Gasteiger charge is 2.27. The molecule has 1 saturated heterocycles. The van der Waals surface area contributed by atoms with Gasteiger partial charge in [-0.1, -0.05) is 19.0 Å². The average molecular weight is 225 g/mol. The van der Waals surface area contributed by atoms with Gasteiger partial charge in [-0.3, -0.25) is 0 Å². The fourth-order valence-electron chi connectivity index (χ4n) is 1.83. The van der Waals surface area contributed by atoms with Gasteiger partial charge in [0.15, 0.2) is 5.82 Å². The molecule has 0 bridgehead atoms. The quantitative estimate of drug-likeness (QED) is 0.801. The van der Waals surface area contributed by atoms with Gasteiger partial charge >= 0.3 is 0 Å². The Labute approximate surface area is 95.2 Å². The topological polar surface area (TPSA) is 71.2 Å². The smallest absolute Gasteiger partial charge is 0.243 e. The van der Waals surface area contributed by atoms with Gasteiger partial charge in [0.05, 0.1) is 12.1 Å². The summed E-state index contributed by atoms with van der Waals surface area (Å²) < 4.78 is 5.19. The lowest BCUT2D eigenvalue weighted by Gasteiger charge is -2.01. The van der Waals surface area contributed by atoms with E-state index in [0.717, 1.165) is 18.7 Å². The lowest BCUT2D eigenvalue weighted by atomic mass is 10.1. The Bertz CT molecular complexity index is 338. The molecule has 0 amide bonds. The number of aliphatic hydroxyl groups excluding tert-OH is 1. The van der Waals surface area contributed by atoms with E-state index in [-0.39, 0.29) is 12.1 Å². The van der Waals surface area contributed by atoms with Crippen LogP contribution < -0.4 is 5.32 Å². The highest BCUT2D eigenvalue weighted by Crippen LogP contribution is 2.22. The number of aliphatic hydroxyl groups is 1. The van der Waals surface area contributed by atoms with Gasteiger partial charge in [0.1, 0.15) is 0 Å². The Hall–Kier alpha value is -0.940. The van der Waals surface area contributed by atoms with Gasteiger partial charge in [0.25, 0.3) is 0 Å². The summed E-state index contributed by atoms with van der Waals surface area (Å²) >= 11 is 0. The fourth-order valence-corrected chi connectivity index (χ4v) is 1.83. The number of nitrogens with zero attached hydrogens (tertiary/aromatic N) is 2. The standard InChI is InChI=1S/C11H19N3O2/c1-7(2)3-4-10-13-11(16-14-10)9-5-8(15)6-12-9/h7-9,12,15H,3-6H2,1-2H3/t8-,9-/m1/s1. The molecule has 2 rings (SSSR count). The molecule has 5 heteroatoms. The molecule has 16 heavy (non-hydrogen) atoms. The van der Waals surface area contributed by atoms with Crippen LogP contribution in [0, 0.1) is 5.92 Å². The summed E-state index contributed by atoms with van der Waals surface area (Å²) in [7, 11) is 0. The molecule has 0 aliphatic carbocycles. The van der Waals surface area contributed by atoms with Crippen LogP contribution in [0.25, 0.3) is 0 Å². The van der Waals surface area contributed by atoms with E-state index >= 15 is 0 Å². The predicted molar refractivity (Wildman–Crippen MR) is 58.8 cm³/mol. The third-order valence-corrected chi connectivity index (χ3v) is 2.83. The summed E-state index contributed by atoms with van der Waals surface area (Å²) in [6.45, 7) is 4.96. The molecule has 1 fully saturated rings. The highest BCUT2D eigenvalue weighted by molar-refractivity contribution is 4.97. The molecule has 1 aliphatic rings. The molecule has 0 radical (unpaired) electrons. The van der Waals surface area contributed by atoms with E-state index in [2.05, 4.69) is 29.3 Å². The molecule has 1 aromatic heterocycles. The van der Waals surface area contributed by atoms with Crippen molar-refractivity contribution >= 4 is 0 Å². The molecule has 1 aliphatic heterocycles. The summed E-state index contributed by atoms with van der Waals surface area (Å²) in [5, 5.41) is 16.5. The van der Waals surface area contributed by atoms with Gasteiger partial charge < -0.3 is 14.9 Å². The largest absolute Gasteiger partial charge is 0.392 e. The Kier molecular flexibility index (Phi) is 3.56. The van der Waals surface area contributed by atoms with Gasteiger partial charge in [-0.2, -0.15) is 4.98 Å². The highest BCUT2D eigenvalue weighted by atomic mass is 16.5. The van der Waals surface area contributed by atoms with Crippen LogP contribution in [0.1, 0.15) is 44.4 Å². The lowest BCUT2D eigenvalue weighted by molar-refractivity contribution is 0.191. The molecule has 2 heterocycles. The number of aryl methyl sites for hydroxylation is 1. The predicted octanol–water partition coefficient (Wildman–Crippen LogP) is 1.05. The van der Waals surface area contributed by atoms with Crippen LogP contribution in [0.4, 0.5) is 0 Å². The first kappa shape index (κ1) is 11.5. The van der Waals surface area contributed by atoms with Crippen LogP contribution in [0.5, 0.6) is 0 Å². The summed E-state index contributed by atoms with van der Waals surface area (Å²) in [5.41, 5.74) is 0. The van der Waals surface area contributed by atoms with E-state index in [1.165, 1.54) is 0 Å². The van der Waals surface area contributed by atoms with E-state index in [1.807, 2.05) is 0 Å². The van der Waals surface area contributed by atoms with Crippen LogP contribution in [0.2, 0.25) is 0 Å². The molecule has 2 N–H and O–H groups in total. The van der Waals surface area contributed by atoms with Crippen molar-refractivity contribution in [1.82, 2.24) is 15.5 Å². The molecule has 0 unspecified atom stereocenters. The second-order valence-electron chi connectivity index (χ2n) is 4.83. The third-order valence-electron chi connectivity index (χ3n) is 2.83. The van der Waals surface area contributed by atoms with Gasteiger partial charge in [-0.25, -0.2) is 0 Å². The maximum atomic E-state index is 9.39. The number of aromatic nitrogens is 2. The summed E-state index contributed by atoms with van der Waals surface area (Å²) in [5.74, 6) is 2.02. The van der Waals surface area contributed by atoms with Crippen molar-refractivity contribution in [2.75, 3.05) is 6.54 Å². The van der Waals surface area contributed by atoms with E-state index in [9.17, 15) is 5.11 Å². The third kappa shape index (κ3) is 2.80. The molecule has 0 saturated carbocycles. The van der Waals surface area contributed by atoms with Crippen molar-refractivity contribution < 1.29 is 9.63 Å². The molecule has 90 valence electrons. The maximum Gasteiger partial charge on any atom is 0.243 e. The van der Waals surface area contributed by atoms with Gasteiger partial charge in [0, 0.05) is 13.0 Å². The number of hydrogen-bond acceptors (Lipinski definition) is 5. The SMILES string of the molecule is CC(C)CCc1noc([C@H]2C[C@@H](O)CN2)n1. The van der Waals surface area contributed by atoms with Crippen molar-refractivity contribution in [2.45, 2.75) is 45.3 Å². The fraction of sp³-hybridized carbons (Fsp3) is 0.818. The minimum atomic E-state index is -0.295. The molecular weight excluding hydrogens is 206 g/mol. The van der Waals surface area contributed by atoms with Crippen molar-refractivity contribution in [2.24, 2.45) is 5.92 Å². The van der Waals surface area contributed by atoms with Gasteiger partial charge in [0.2, 0.25) is 5.89 Å². The second kappa shape index (κ2) is 4.93. The Morgan fingerprint density at radius 3 is 3.00 bits per heavy atom. The molecule has 0 aromatic carbocycles. The van der Waals surface area contributed by atoms with Crippen LogP contribution in [-0.4, -0.2) is 27.9 Å². The average Bonchev–Trinajstić information content (AvgIpc) is 2.83. The first-order valence-electron chi connectivity index (χ1n) is 5.89. The summed E-state index contributed by atoms with van der Waals surface area (Å²) in [6, 6.07) is 0.0234. The molecule has 0 spiro atoms. The molecule has 1 aromatic rings. The zero-order valence-electron chi connectivity index (χ0n) is 9.81. The van der Waals surface area contributed by atoms with Gasteiger partial charge in [-0.05, 0) is 18.8 Å². The first-order chi connectivity index (χ1) is 7.65.